The number of rotatable bonds is 8. The minimum absolute atomic E-state index is 0.224. The molecule has 0 unspecified atom stereocenters. The maximum atomic E-state index is 11.7. The Labute approximate surface area is 112 Å². The van der Waals surface area contributed by atoms with E-state index >= 15 is 0 Å². The highest BCUT2D eigenvalue weighted by atomic mass is 32.2. The average molecular weight is 276 g/mol. The van der Waals surface area contributed by atoms with Crippen LogP contribution in [0.15, 0.2) is 0 Å². The van der Waals surface area contributed by atoms with Gasteiger partial charge in [0.1, 0.15) is 0 Å². The van der Waals surface area contributed by atoms with Gasteiger partial charge in [-0.05, 0) is 32.7 Å². The second-order valence-corrected chi connectivity index (χ2v) is 7.35. The number of hydrogen-bond acceptors (Lipinski definition) is 3. The van der Waals surface area contributed by atoms with Crippen LogP contribution < -0.4 is 5.32 Å². The maximum Gasteiger partial charge on any atom is 0.213 e. The predicted molar refractivity (Wildman–Crippen MR) is 76.2 cm³/mol. The Morgan fingerprint density at radius 2 is 1.78 bits per heavy atom. The lowest BCUT2D eigenvalue weighted by atomic mass is 10.1. The topological polar surface area (TPSA) is 49.4 Å². The van der Waals surface area contributed by atoms with Crippen molar-refractivity contribution in [1.82, 2.24) is 9.62 Å². The fraction of sp³-hybridized carbons (Fsp3) is 1.00. The zero-order valence-electron chi connectivity index (χ0n) is 11.8. The van der Waals surface area contributed by atoms with Crippen LogP contribution in [0, 0.1) is 0 Å². The molecule has 0 spiro atoms. The highest BCUT2D eigenvalue weighted by molar-refractivity contribution is 7.89. The van der Waals surface area contributed by atoms with Gasteiger partial charge in [0.25, 0.3) is 0 Å². The molecule has 18 heavy (non-hydrogen) atoms. The quantitative estimate of drug-likeness (QED) is 0.690. The molecule has 0 aliphatic carbocycles. The zero-order valence-corrected chi connectivity index (χ0v) is 12.6. The van der Waals surface area contributed by atoms with E-state index in [1.54, 1.807) is 11.2 Å². The van der Waals surface area contributed by atoms with Gasteiger partial charge in [0.15, 0.2) is 0 Å². The fourth-order valence-electron chi connectivity index (χ4n) is 2.38. The van der Waals surface area contributed by atoms with Gasteiger partial charge in [0.05, 0.1) is 5.75 Å². The van der Waals surface area contributed by atoms with Gasteiger partial charge in [-0.3, -0.25) is 0 Å². The Balaban J connectivity index is 2.16. The van der Waals surface area contributed by atoms with Gasteiger partial charge >= 0.3 is 0 Å². The standard InChI is InChI=1S/C13H28N2O2S/c1-3-5-6-7-10-14-13-8-11-15(12-9-13)18(16,17)4-2/h13-14H,3-12H2,1-2H3. The summed E-state index contributed by atoms with van der Waals surface area (Å²) in [6.07, 6.45) is 7.02. The lowest BCUT2D eigenvalue weighted by molar-refractivity contribution is 0.289. The largest absolute Gasteiger partial charge is 0.314 e. The molecule has 4 nitrogen and oxygen atoms in total. The summed E-state index contributed by atoms with van der Waals surface area (Å²) >= 11 is 0. The summed E-state index contributed by atoms with van der Waals surface area (Å²) in [6.45, 7) is 6.38. The first-order valence-electron chi connectivity index (χ1n) is 7.31. The average Bonchev–Trinajstić information content (AvgIpc) is 2.39. The van der Waals surface area contributed by atoms with Crippen molar-refractivity contribution in [2.45, 2.75) is 58.4 Å². The first kappa shape index (κ1) is 15.9. The maximum absolute atomic E-state index is 11.7. The molecule has 0 saturated carbocycles. The van der Waals surface area contributed by atoms with Crippen molar-refractivity contribution in [3.8, 4) is 0 Å². The van der Waals surface area contributed by atoms with E-state index < -0.39 is 10.0 Å². The Bertz CT molecular complexity index is 309. The Hall–Kier alpha value is -0.130. The van der Waals surface area contributed by atoms with Gasteiger partial charge in [0, 0.05) is 19.1 Å². The van der Waals surface area contributed by atoms with Crippen molar-refractivity contribution in [2.24, 2.45) is 0 Å². The van der Waals surface area contributed by atoms with Crippen LogP contribution in [-0.2, 0) is 10.0 Å². The van der Waals surface area contributed by atoms with Crippen molar-refractivity contribution in [1.29, 1.82) is 0 Å². The molecule has 1 aliphatic heterocycles. The smallest absolute Gasteiger partial charge is 0.213 e. The van der Waals surface area contributed by atoms with E-state index in [2.05, 4.69) is 12.2 Å². The summed E-state index contributed by atoms with van der Waals surface area (Å²) < 4.78 is 25.0. The molecular formula is C13H28N2O2S. The second kappa shape index (κ2) is 8.12. The molecule has 1 rings (SSSR count). The van der Waals surface area contributed by atoms with E-state index in [1.165, 1.54) is 25.7 Å². The first-order chi connectivity index (χ1) is 8.60. The van der Waals surface area contributed by atoms with E-state index in [9.17, 15) is 8.42 Å². The molecule has 0 atom stereocenters. The van der Waals surface area contributed by atoms with Crippen LogP contribution in [-0.4, -0.2) is 44.2 Å². The zero-order chi connectivity index (χ0) is 13.4. The highest BCUT2D eigenvalue weighted by Crippen LogP contribution is 2.14. The summed E-state index contributed by atoms with van der Waals surface area (Å²) in [7, 11) is -2.97. The number of piperidine rings is 1. The molecule has 1 fully saturated rings. The third kappa shape index (κ3) is 5.24. The lowest BCUT2D eigenvalue weighted by Crippen LogP contribution is -2.45. The van der Waals surface area contributed by atoms with Gasteiger partial charge in [-0.25, -0.2) is 12.7 Å². The van der Waals surface area contributed by atoms with Crippen LogP contribution in [0.3, 0.4) is 0 Å². The Morgan fingerprint density at radius 1 is 1.11 bits per heavy atom. The molecule has 1 aliphatic rings. The molecule has 0 amide bonds. The summed E-state index contributed by atoms with van der Waals surface area (Å²) in [5.41, 5.74) is 0. The molecule has 1 heterocycles. The van der Waals surface area contributed by atoms with Gasteiger partial charge in [-0.15, -0.1) is 0 Å². The number of sulfonamides is 1. The molecule has 108 valence electrons. The van der Waals surface area contributed by atoms with E-state index in [0.717, 1.165) is 19.4 Å². The molecule has 0 radical (unpaired) electrons. The molecule has 1 saturated heterocycles. The van der Waals surface area contributed by atoms with E-state index in [4.69, 9.17) is 0 Å². The molecule has 0 aromatic heterocycles. The van der Waals surface area contributed by atoms with Gasteiger partial charge in [0.2, 0.25) is 10.0 Å². The second-order valence-electron chi connectivity index (χ2n) is 5.09. The van der Waals surface area contributed by atoms with Crippen LogP contribution in [0.5, 0.6) is 0 Å². The lowest BCUT2D eigenvalue weighted by Gasteiger charge is -2.31. The summed E-state index contributed by atoms with van der Waals surface area (Å²) in [4.78, 5) is 0. The SMILES string of the molecule is CCCCCCNC1CCN(S(=O)(=O)CC)CC1. The summed E-state index contributed by atoms with van der Waals surface area (Å²) in [6, 6.07) is 0.509. The Kier molecular flexibility index (Phi) is 7.19. The summed E-state index contributed by atoms with van der Waals surface area (Å²) in [5, 5.41) is 3.55. The van der Waals surface area contributed by atoms with Gasteiger partial charge in [-0.2, -0.15) is 0 Å². The molecule has 0 aromatic carbocycles. The molecule has 1 N–H and O–H groups in total. The molecule has 0 aromatic rings. The summed E-state index contributed by atoms with van der Waals surface area (Å²) in [5.74, 6) is 0.224. The van der Waals surface area contributed by atoms with Crippen molar-refractivity contribution in [3.63, 3.8) is 0 Å². The van der Waals surface area contributed by atoms with Crippen LogP contribution in [0.1, 0.15) is 52.4 Å². The van der Waals surface area contributed by atoms with Gasteiger partial charge in [-0.1, -0.05) is 26.2 Å². The van der Waals surface area contributed by atoms with Crippen LogP contribution in [0.2, 0.25) is 0 Å². The normalized spacial score (nSPS) is 19.2. The van der Waals surface area contributed by atoms with Crippen LogP contribution in [0.25, 0.3) is 0 Å². The van der Waals surface area contributed by atoms with Crippen molar-refractivity contribution >= 4 is 10.0 Å². The monoisotopic (exact) mass is 276 g/mol. The molecule has 5 heteroatoms. The first-order valence-corrected chi connectivity index (χ1v) is 8.92. The third-order valence-corrected chi connectivity index (χ3v) is 5.56. The minimum Gasteiger partial charge on any atom is -0.314 e. The number of unbranched alkanes of at least 4 members (excludes halogenated alkanes) is 3. The van der Waals surface area contributed by atoms with Crippen molar-refractivity contribution in [3.05, 3.63) is 0 Å². The predicted octanol–water partition coefficient (Wildman–Crippen LogP) is 1.97. The van der Waals surface area contributed by atoms with Crippen molar-refractivity contribution < 1.29 is 8.42 Å². The van der Waals surface area contributed by atoms with Crippen molar-refractivity contribution in [2.75, 3.05) is 25.4 Å². The Morgan fingerprint density at radius 3 is 2.33 bits per heavy atom. The minimum atomic E-state index is -2.97. The van der Waals surface area contributed by atoms with Gasteiger partial charge < -0.3 is 5.32 Å². The fourth-order valence-corrected chi connectivity index (χ4v) is 3.51. The number of nitrogens with one attached hydrogen (secondary N) is 1. The highest BCUT2D eigenvalue weighted by Gasteiger charge is 2.26. The number of hydrogen-bond donors (Lipinski definition) is 1. The molecule has 0 bridgehead atoms. The molecular weight excluding hydrogens is 248 g/mol. The third-order valence-electron chi connectivity index (χ3n) is 3.68. The van der Waals surface area contributed by atoms with Crippen LogP contribution in [0.4, 0.5) is 0 Å². The van der Waals surface area contributed by atoms with E-state index in [0.29, 0.717) is 19.1 Å². The van der Waals surface area contributed by atoms with Crippen LogP contribution >= 0.6 is 0 Å². The number of nitrogens with zero attached hydrogens (tertiary/aromatic N) is 1. The van der Waals surface area contributed by atoms with E-state index in [-0.39, 0.29) is 5.75 Å². The van der Waals surface area contributed by atoms with E-state index in [1.807, 2.05) is 0 Å².